The number of hydrogen-bond acceptors (Lipinski definition) is 6. The van der Waals surface area contributed by atoms with Gasteiger partial charge in [-0.3, -0.25) is 9.58 Å². The number of nitrogens with zero attached hydrogens (tertiary/aromatic N) is 5. The lowest BCUT2D eigenvalue weighted by atomic mass is 9.85. The number of benzene rings is 1. The monoisotopic (exact) mass is 613 g/mol. The van der Waals surface area contributed by atoms with Crippen LogP contribution in [-0.2, 0) is 4.74 Å². The lowest BCUT2D eigenvalue weighted by Crippen LogP contribution is -2.56. The Morgan fingerprint density at radius 1 is 1.09 bits per heavy atom. The maximum Gasteiger partial charge on any atom is 0.341 e. The van der Waals surface area contributed by atoms with Gasteiger partial charge in [0, 0.05) is 63.5 Å². The summed E-state index contributed by atoms with van der Waals surface area (Å²) in [6.07, 6.45) is 8.91. The molecule has 2 unspecified atom stereocenters. The highest BCUT2D eigenvalue weighted by molar-refractivity contribution is 6.25. The number of esters is 1. The van der Waals surface area contributed by atoms with Crippen molar-refractivity contribution >= 4 is 23.1 Å². The molecule has 2 aliphatic heterocycles. The minimum absolute atomic E-state index is 0.115. The number of piperidine rings is 1. The normalized spacial score (nSPS) is 25.8. The van der Waals surface area contributed by atoms with Gasteiger partial charge in [0.15, 0.2) is 0 Å². The minimum Gasteiger partial charge on any atom is -0.462 e. The predicted octanol–water partition coefficient (Wildman–Crippen LogP) is 6.36. The molecule has 4 aliphatic rings. The van der Waals surface area contributed by atoms with Gasteiger partial charge in [-0.1, -0.05) is 54.4 Å². The van der Waals surface area contributed by atoms with Crippen LogP contribution < -0.4 is 0 Å². The molecule has 10 heteroatoms. The average Bonchev–Trinajstić information content (AvgIpc) is 3.46. The van der Waals surface area contributed by atoms with Crippen LogP contribution >= 0.6 is 11.6 Å². The fourth-order valence-corrected chi connectivity index (χ4v) is 7.42. The van der Waals surface area contributed by atoms with Crippen molar-refractivity contribution in [1.82, 2.24) is 24.5 Å². The van der Waals surface area contributed by atoms with Crippen LogP contribution in [0.5, 0.6) is 0 Å². The molecule has 2 aromatic rings. The van der Waals surface area contributed by atoms with Crippen molar-refractivity contribution in [2.75, 3.05) is 52.4 Å². The first kappa shape index (κ1) is 30.3. The molecule has 1 saturated carbocycles. The van der Waals surface area contributed by atoms with E-state index in [0.29, 0.717) is 19.4 Å². The Bertz CT molecular complexity index is 1340. The second kappa shape index (κ2) is 13.1. The molecule has 3 fully saturated rings. The van der Waals surface area contributed by atoms with E-state index in [1.807, 2.05) is 18.2 Å². The maximum atomic E-state index is 14.3. The van der Waals surface area contributed by atoms with Gasteiger partial charge in [-0.25, -0.2) is 13.6 Å². The summed E-state index contributed by atoms with van der Waals surface area (Å²) < 4.78 is 35.0. The number of ether oxygens (including phenoxy) is 1. The van der Waals surface area contributed by atoms with Crippen molar-refractivity contribution in [1.29, 1.82) is 0 Å². The SMILES string of the molecule is CCOC(=O)c1cnn(C2CCCN(C3=C(c4ccccc4)C=CC(Cl)(N4CCN(CC5CCC5)CC4)C3)C2)c1C(F)F. The van der Waals surface area contributed by atoms with Gasteiger partial charge in [-0.05, 0) is 50.2 Å². The van der Waals surface area contributed by atoms with Crippen LogP contribution in [0.1, 0.15) is 79.5 Å². The molecule has 1 aromatic heterocycles. The molecule has 43 heavy (non-hydrogen) atoms. The standard InChI is InChI=1S/C33H42ClF2N5O2/c1-2-43-32(42)28-21-37-41(30(28)31(35)36)26-12-7-15-39(23-26)29-20-33(34,14-13-27(29)25-10-4-3-5-11-25)40-18-16-38(17-19-40)22-24-8-6-9-24/h3-5,10-11,13-14,21,24,26,31H,2,6-9,12,15-20,22-23H2,1H3. The summed E-state index contributed by atoms with van der Waals surface area (Å²) in [5.74, 6) is 0.0951. The molecule has 0 N–H and O–H groups in total. The Kier molecular flexibility index (Phi) is 9.21. The van der Waals surface area contributed by atoms with Gasteiger partial charge in [0.25, 0.3) is 6.43 Å². The number of likely N-dealkylation sites (tertiary alicyclic amines) is 1. The first-order valence-corrected chi connectivity index (χ1v) is 16.2. The summed E-state index contributed by atoms with van der Waals surface area (Å²) in [4.78, 5) is 19.1. The zero-order valence-corrected chi connectivity index (χ0v) is 25.7. The molecule has 1 aromatic carbocycles. The van der Waals surface area contributed by atoms with Crippen molar-refractivity contribution in [3.63, 3.8) is 0 Å². The number of carbonyl (C=O) groups excluding carboxylic acids is 1. The molecule has 0 spiro atoms. The number of alkyl halides is 3. The molecule has 0 amide bonds. The van der Waals surface area contributed by atoms with Crippen molar-refractivity contribution in [2.24, 2.45) is 5.92 Å². The van der Waals surface area contributed by atoms with Crippen LogP contribution in [-0.4, -0.2) is 87.9 Å². The highest BCUT2D eigenvalue weighted by atomic mass is 35.5. The summed E-state index contributed by atoms with van der Waals surface area (Å²) in [5, 5.41) is 4.30. The number of allylic oxidation sites excluding steroid dienone is 2. The average molecular weight is 614 g/mol. The molecule has 2 atom stereocenters. The fourth-order valence-electron chi connectivity index (χ4n) is 7.06. The molecule has 6 rings (SSSR count). The van der Waals surface area contributed by atoms with E-state index < -0.39 is 17.4 Å². The third-order valence-electron chi connectivity index (χ3n) is 9.62. The molecule has 232 valence electrons. The fraction of sp³-hybridized carbons (Fsp3) is 0.576. The second-order valence-corrected chi connectivity index (χ2v) is 12.9. The van der Waals surface area contributed by atoms with E-state index in [0.717, 1.165) is 61.9 Å². The van der Waals surface area contributed by atoms with E-state index >= 15 is 0 Å². The third-order valence-corrected chi connectivity index (χ3v) is 10.1. The van der Waals surface area contributed by atoms with Gasteiger partial charge >= 0.3 is 5.97 Å². The number of halogens is 3. The van der Waals surface area contributed by atoms with Crippen molar-refractivity contribution in [3.8, 4) is 0 Å². The van der Waals surface area contributed by atoms with E-state index in [2.05, 4.69) is 44.1 Å². The number of piperazine rings is 1. The van der Waals surface area contributed by atoms with Crippen LogP contribution in [0.3, 0.4) is 0 Å². The number of hydrogen-bond donors (Lipinski definition) is 0. The van der Waals surface area contributed by atoms with Crippen molar-refractivity contribution in [3.05, 3.63) is 71.2 Å². The van der Waals surface area contributed by atoms with Gasteiger partial charge in [0.2, 0.25) is 0 Å². The van der Waals surface area contributed by atoms with E-state index in [4.69, 9.17) is 16.3 Å². The number of carbonyl (C=O) groups is 1. The zero-order valence-electron chi connectivity index (χ0n) is 24.9. The molecule has 2 aliphatic carbocycles. The lowest BCUT2D eigenvalue weighted by molar-refractivity contribution is 0.0511. The Morgan fingerprint density at radius 2 is 1.86 bits per heavy atom. The molecule has 0 bridgehead atoms. The second-order valence-electron chi connectivity index (χ2n) is 12.3. The Balaban J connectivity index is 1.25. The van der Waals surface area contributed by atoms with E-state index in [1.54, 1.807) is 6.92 Å². The van der Waals surface area contributed by atoms with E-state index in [-0.39, 0.29) is 23.9 Å². The van der Waals surface area contributed by atoms with Gasteiger partial charge in [0.1, 0.15) is 16.3 Å². The summed E-state index contributed by atoms with van der Waals surface area (Å²) >= 11 is 7.49. The summed E-state index contributed by atoms with van der Waals surface area (Å²) in [7, 11) is 0. The topological polar surface area (TPSA) is 53.8 Å². The lowest BCUT2D eigenvalue weighted by Gasteiger charge is -2.47. The zero-order chi connectivity index (χ0) is 30.0. The van der Waals surface area contributed by atoms with E-state index in [1.165, 1.54) is 36.7 Å². The first-order chi connectivity index (χ1) is 20.9. The molecule has 7 nitrogen and oxygen atoms in total. The van der Waals surface area contributed by atoms with Gasteiger partial charge in [0.05, 0.1) is 18.8 Å². The molecule has 2 saturated heterocycles. The summed E-state index contributed by atoms with van der Waals surface area (Å²) in [5.41, 5.74) is 2.83. The van der Waals surface area contributed by atoms with Crippen LogP contribution in [0, 0.1) is 5.92 Å². The molecule has 3 heterocycles. The minimum atomic E-state index is -2.84. The van der Waals surface area contributed by atoms with Crippen LogP contribution in [0.2, 0.25) is 0 Å². The number of rotatable bonds is 9. The molecular formula is C33H42ClF2N5O2. The van der Waals surface area contributed by atoms with Crippen molar-refractivity contribution < 1.29 is 18.3 Å². The van der Waals surface area contributed by atoms with Crippen LogP contribution in [0.4, 0.5) is 8.78 Å². The number of aromatic nitrogens is 2. The van der Waals surface area contributed by atoms with Crippen LogP contribution in [0.25, 0.3) is 5.57 Å². The largest absolute Gasteiger partial charge is 0.462 e. The first-order valence-electron chi connectivity index (χ1n) is 15.8. The Hall–Kier alpha value is -2.75. The molecular weight excluding hydrogens is 572 g/mol. The maximum absolute atomic E-state index is 14.3. The van der Waals surface area contributed by atoms with Gasteiger partial charge in [-0.15, -0.1) is 0 Å². The van der Waals surface area contributed by atoms with Gasteiger partial charge in [-0.2, -0.15) is 5.10 Å². The van der Waals surface area contributed by atoms with Crippen LogP contribution in [0.15, 0.2) is 54.4 Å². The highest BCUT2D eigenvalue weighted by Crippen LogP contribution is 2.42. The highest BCUT2D eigenvalue weighted by Gasteiger charge is 2.41. The quantitative estimate of drug-likeness (QED) is 0.186. The summed E-state index contributed by atoms with van der Waals surface area (Å²) in [6.45, 7) is 8.15. The third kappa shape index (κ3) is 6.40. The molecule has 0 radical (unpaired) electrons. The van der Waals surface area contributed by atoms with Crippen molar-refractivity contribution in [2.45, 2.75) is 62.9 Å². The smallest absolute Gasteiger partial charge is 0.341 e. The Labute approximate surface area is 258 Å². The van der Waals surface area contributed by atoms with Gasteiger partial charge < -0.3 is 14.5 Å². The Morgan fingerprint density at radius 3 is 2.53 bits per heavy atom. The predicted molar refractivity (Wildman–Crippen MR) is 164 cm³/mol. The van der Waals surface area contributed by atoms with E-state index in [9.17, 15) is 13.6 Å². The summed E-state index contributed by atoms with van der Waals surface area (Å²) in [6, 6.07) is 9.98.